The third-order valence-electron chi connectivity index (χ3n) is 2.74. The fourth-order valence-corrected chi connectivity index (χ4v) is 1.53. The molecule has 5 heteroatoms. The standard InChI is InChI=1S/C14H23NO4/c1-6-7-8-15(12(17)9-16)14(4,5)10-19-13(18)11(2)3/h9H,2,6-8,10H2,1,3-5H3. The molecule has 0 spiro atoms. The maximum atomic E-state index is 11.6. The first-order chi connectivity index (χ1) is 8.76. The number of hydrogen-bond donors (Lipinski definition) is 0. The molecule has 0 N–H and O–H groups in total. The highest BCUT2D eigenvalue weighted by molar-refractivity contribution is 6.23. The Balaban J connectivity index is 4.76. The number of rotatable bonds is 8. The number of ether oxygens (including phenoxy) is 1. The predicted octanol–water partition coefficient (Wildman–Crippen LogP) is 1.71. The van der Waals surface area contributed by atoms with E-state index >= 15 is 0 Å². The summed E-state index contributed by atoms with van der Waals surface area (Å²) in [5.41, 5.74) is -0.421. The van der Waals surface area contributed by atoms with Gasteiger partial charge in [0.2, 0.25) is 6.29 Å². The van der Waals surface area contributed by atoms with E-state index in [0.29, 0.717) is 12.1 Å². The molecule has 0 heterocycles. The number of carbonyl (C=O) groups is 3. The lowest BCUT2D eigenvalue weighted by atomic mass is 10.0. The van der Waals surface area contributed by atoms with Gasteiger partial charge in [-0.1, -0.05) is 19.9 Å². The molecule has 0 bridgehead atoms. The molecule has 19 heavy (non-hydrogen) atoms. The lowest BCUT2D eigenvalue weighted by molar-refractivity contribution is -0.150. The molecule has 0 aliphatic carbocycles. The van der Waals surface area contributed by atoms with Gasteiger partial charge in [-0.15, -0.1) is 0 Å². The summed E-state index contributed by atoms with van der Waals surface area (Å²) in [7, 11) is 0. The van der Waals surface area contributed by atoms with Crippen molar-refractivity contribution in [1.29, 1.82) is 0 Å². The summed E-state index contributed by atoms with van der Waals surface area (Å²) in [4.78, 5) is 35.1. The molecule has 0 aliphatic heterocycles. The fourth-order valence-electron chi connectivity index (χ4n) is 1.53. The summed E-state index contributed by atoms with van der Waals surface area (Å²) in [5.74, 6) is -1.09. The molecule has 0 aromatic rings. The Labute approximate surface area is 114 Å². The van der Waals surface area contributed by atoms with Gasteiger partial charge in [0.25, 0.3) is 5.91 Å². The highest BCUT2D eigenvalue weighted by Crippen LogP contribution is 2.16. The number of carbonyl (C=O) groups excluding carboxylic acids is 3. The highest BCUT2D eigenvalue weighted by atomic mass is 16.5. The molecule has 0 rings (SSSR count). The Morgan fingerprint density at radius 1 is 1.37 bits per heavy atom. The maximum Gasteiger partial charge on any atom is 0.333 e. The second kappa shape index (κ2) is 7.71. The van der Waals surface area contributed by atoms with Crippen LogP contribution >= 0.6 is 0 Å². The Morgan fingerprint density at radius 2 is 1.95 bits per heavy atom. The van der Waals surface area contributed by atoms with Crippen LogP contribution in [0.3, 0.4) is 0 Å². The highest BCUT2D eigenvalue weighted by Gasteiger charge is 2.31. The Bertz CT molecular complexity index is 360. The minimum absolute atomic E-state index is 0.0297. The first-order valence-electron chi connectivity index (χ1n) is 6.35. The van der Waals surface area contributed by atoms with Crippen LogP contribution in [0, 0.1) is 0 Å². The third kappa shape index (κ3) is 5.68. The monoisotopic (exact) mass is 269 g/mol. The quantitative estimate of drug-likeness (QED) is 0.291. The molecule has 0 radical (unpaired) electrons. The van der Waals surface area contributed by atoms with Crippen molar-refractivity contribution in [1.82, 2.24) is 4.90 Å². The van der Waals surface area contributed by atoms with Crippen LogP contribution in [0.25, 0.3) is 0 Å². The molecule has 0 saturated heterocycles. The molecule has 0 unspecified atom stereocenters. The van der Waals surface area contributed by atoms with Crippen LogP contribution in [0.2, 0.25) is 0 Å². The van der Waals surface area contributed by atoms with E-state index in [1.807, 2.05) is 6.92 Å². The van der Waals surface area contributed by atoms with Crippen LogP contribution in [0.1, 0.15) is 40.5 Å². The van der Waals surface area contributed by atoms with Crippen molar-refractivity contribution in [3.05, 3.63) is 12.2 Å². The number of amides is 1. The van der Waals surface area contributed by atoms with Crippen molar-refractivity contribution in [2.75, 3.05) is 13.2 Å². The molecule has 1 amide bonds. The average molecular weight is 269 g/mol. The van der Waals surface area contributed by atoms with Crippen molar-refractivity contribution in [3.8, 4) is 0 Å². The molecule has 0 aromatic heterocycles. The number of aldehydes is 1. The maximum absolute atomic E-state index is 11.6. The largest absolute Gasteiger partial charge is 0.460 e. The smallest absolute Gasteiger partial charge is 0.333 e. The number of unbranched alkanes of at least 4 members (excludes halogenated alkanes) is 1. The lowest BCUT2D eigenvalue weighted by Crippen LogP contribution is -2.52. The first-order valence-corrected chi connectivity index (χ1v) is 6.35. The zero-order valence-corrected chi connectivity index (χ0v) is 12.2. The minimum atomic E-state index is -0.724. The minimum Gasteiger partial charge on any atom is -0.460 e. The van der Waals surface area contributed by atoms with Crippen LogP contribution in [-0.4, -0.2) is 41.8 Å². The van der Waals surface area contributed by atoms with Crippen molar-refractivity contribution < 1.29 is 19.1 Å². The fraction of sp³-hybridized carbons (Fsp3) is 0.643. The van der Waals surface area contributed by atoms with Gasteiger partial charge >= 0.3 is 5.97 Å². The summed E-state index contributed by atoms with van der Waals surface area (Å²) in [6.07, 6.45) is 1.99. The molecule has 0 atom stereocenters. The zero-order valence-electron chi connectivity index (χ0n) is 12.2. The van der Waals surface area contributed by atoms with Gasteiger partial charge < -0.3 is 9.64 Å². The van der Waals surface area contributed by atoms with E-state index in [2.05, 4.69) is 6.58 Å². The van der Waals surface area contributed by atoms with Crippen molar-refractivity contribution in [2.24, 2.45) is 0 Å². The molecule has 0 saturated carbocycles. The molecule has 5 nitrogen and oxygen atoms in total. The molecule has 0 fully saturated rings. The molecular formula is C14H23NO4. The van der Waals surface area contributed by atoms with E-state index in [4.69, 9.17) is 4.74 Å². The Morgan fingerprint density at radius 3 is 2.37 bits per heavy atom. The van der Waals surface area contributed by atoms with Crippen LogP contribution in [0.5, 0.6) is 0 Å². The number of nitrogens with zero attached hydrogens (tertiary/aromatic N) is 1. The van der Waals surface area contributed by atoms with E-state index in [1.54, 1.807) is 20.8 Å². The molecule has 108 valence electrons. The van der Waals surface area contributed by atoms with Crippen molar-refractivity contribution >= 4 is 18.2 Å². The second-order valence-electron chi connectivity index (χ2n) is 5.13. The molecular weight excluding hydrogens is 246 g/mol. The normalized spacial score (nSPS) is 10.7. The van der Waals surface area contributed by atoms with E-state index < -0.39 is 17.4 Å². The number of hydrogen-bond acceptors (Lipinski definition) is 4. The topological polar surface area (TPSA) is 63.7 Å². The lowest BCUT2D eigenvalue weighted by Gasteiger charge is -2.37. The van der Waals surface area contributed by atoms with Gasteiger partial charge in [-0.05, 0) is 27.2 Å². The van der Waals surface area contributed by atoms with E-state index in [-0.39, 0.29) is 12.9 Å². The first kappa shape index (κ1) is 17.4. The summed E-state index contributed by atoms with van der Waals surface area (Å²) in [6, 6.07) is 0. The number of esters is 1. The van der Waals surface area contributed by atoms with Crippen LogP contribution < -0.4 is 0 Å². The van der Waals surface area contributed by atoms with Crippen LogP contribution in [0.4, 0.5) is 0 Å². The average Bonchev–Trinajstić information content (AvgIpc) is 2.35. The van der Waals surface area contributed by atoms with Crippen molar-refractivity contribution in [2.45, 2.75) is 46.1 Å². The third-order valence-corrected chi connectivity index (χ3v) is 2.74. The van der Waals surface area contributed by atoms with E-state index in [1.165, 1.54) is 4.90 Å². The van der Waals surface area contributed by atoms with Gasteiger partial charge in [-0.25, -0.2) is 4.79 Å². The van der Waals surface area contributed by atoms with Gasteiger partial charge in [-0.2, -0.15) is 0 Å². The summed E-state index contributed by atoms with van der Waals surface area (Å²) >= 11 is 0. The van der Waals surface area contributed by atoms with Crippen molar-refractivity contribution in [3.63, 3.8) is 0 Å². The predicted molar refractivity (Wildman–Crippen MR) is 72.5 cm³/mol. The molecule has 0 aromatic carbocycles. The van der Waals surface area contributed by atoms with Gasteiger partial charge in [0, 0.05) is 12.1 Å². The summed E-state index contributed by atoms with van der Waals surface area (Å²) < 4.78 is 5.08. The van der Waals surface area contributed by atoms with E-state index in [9.17, 15) is 14.4 Å². The van der Waals surface area contributed by atoms with Gasteiger partial charge in [0.1, 0.15) is 6.61 Å². The summed E-state index contributed by atoms with van der Waals surface area (Å²) in [6.45, 7) is 11.1. The second-order valence-corrected chi connectivity index (χ2v) is 5.13. The van der Waals surface area contributed by atoms with Gasteiger partial charge in [0.05, 0.1) is 5.54 Å². The van der Waals surface area contributed by atoms with E-state index in [0.717, 1.165) is 12.8 Å². The SMILES string of the molecule is C=C(C)C(=O)OCC(C)(C)N(CCCC)C(=O)C=O. The zero-order chi connectivity index (χ0) is 15.1. The Kier molecular flexibility index (Phi) is 7.04. The van der Waals surface area contributed by atoms with Gasteiger partial charge in [-0.3, -0.25) is 9.59 Å². The van der Waals surface area contributed by atoms with Crippen LogP contribution in [-0.2, 0) is 19.1 Å². The Hall–Kier alpha value is -1.65. The van der Waals surface area contributed by atoms with Crippen LogP contribution in [0.15, 0.2) is 12.2 Å². The molecule has 0 aliphatic rings. The summed E-state index contributed by atoms with van der Waals surface area (Å²) in [5, 5.41) is 0. The van der Waals surface area contributed by atoms with Gasteiger partial charge in [0.15, 0.2) is 0 Å².